The molecule has 0 unspecified atom stereocenters. The second-order valence-electron chi connectivity index (χ2n) is 3.86. The number of hydrogen-bond acceptors (Lipinski definition) is 5. The van der Waals surface area contributed by atoms with Gasteiger partial charge in [0.25, 0.3) is 0 Å². The molecule has 0 bridgehead atoms. The number of carbonyl (C=O) groups excluding carboxylic acids is 2. The van der Waals surface area contributed by atoms with Gasteiger partial charge in [-0.3, -0.25) is 4.79 Å². The van der Waals surface area contributed by atoms with Crippen LogP contribution in [-0.2, 0) is 23.8 Å². The van der Waals surface area contributed by atoms with Gasteiger partial charge in [-0.05, 0) is 6.92 Å². The molecule has 5 nitrogen and oxygen atoms in total. The first-order valence-corrected chi connectivity index (χ1v) is 5.74. The van der Waals surface area contributed by atoms with E-state index in [9.17, 15) is 9.59 Å². The van der Waals surface area contributed by atoms with Gasteiger partial charge in [0.15, 0.2) is 12.2 Å². The summed E-state index contributed by atoms with van der Waals surface area (Å²) in [5.74, 6) is 3.50. The van der Waals surface area contributed by atoms with Crippen LogP contribution in [0.1, 0.15) is 13.8 Å². The van der Waals surface area contributed by atoms with E-state index < -0.39 is 36.4 Å². The van der Waals surface area contributed by atoms with Gasteiger partial charge in [-0.1, -0.05) is 18.1 Å². The molecule has 0 aromatic heterocycles. The molecule has 1 heterocycles. The molecule has 1 rings (SSSR count). The summed E-state index contributed by atoms with van der Waals surface area (Å²) >= 11 is 0. The Balaban J connectivity index is 2.93. The second kappa shape index (κ2) is 6.76. The highest BCUT2D eigenvalue weighted by molar-refractivity contribution is 5.88. The summed E-state index contributed by atoms with van der Waals surface area (Å²) in [6, 6.07) is 0. The molecular weight excluding hydrogens is 248 g/mol. The zero-order valence-electron chi connectivity index (χ0n) is 10.9. The number of esters is 2. The first-order chi connectivity index (χ1) is 9.03. The number of carbonyl (C=O) groups is 2. The summed E-state index contributed by atoms with van der Waals surface area (Å²) < 4.78 is 15.8. The van der Waals surface area contributed by atoms with E-state index in [-0.39, 0.29) is 0 Å². The molecule has 0 aliphatic carbocycles. The highest BCUT2D eigenvalue weighted by atomic mass is 16.6. The maximum absolute atomic E-state index is 11.4. The predicted molar refractivity (Wildman–Crippen MR) is 67.9 cm³/mol. The zero-order valence-corrected chi connectivity index (χ0v) is 10.9. The lowest BCUT2D eigenvalue weighted by molar-refractivity contribution is -0.160. The average Bonchev–Trinajstić information content (AvgIpc) is 2.67. The van der Waals surface area contributed by atoms with Crippen molar-refractivity contribution in [1.82, 2.24) is 0 Å². The molecule has 1 aliphatic heterocycles. The van der Waals surface area contributed by atoms with Gasteiger partial charge >= 0.3 is 11.9 Å². The molecule has 1 fully saturated rings. The fourth-order valence-electron chi connectivity index (χ4n) is 1.80. The Morgan fingerprint density at radius 1 is 1.16 bits per heavy atom. The van der Waals surface area contributed by atoms with Crippen LogP contribution in [0.3, 0.4) is 0 Å². The molecule has 19 heavy (non-hydrogen) atoms. The van der Waals surface area contributed by atoms with E-state index in [1.807, 2.05) is 0 Å². The third kappa shape index (κ3) is 3.70. The molecule has 0 aromatic rings. The SMILES string of the molecule is C=C[C@@H]1O[C@H](C=C)[C@H](OC(C)=O)[C@@H]1OC(=O)C#CC. The average molecular weight is 264 g/mol. The molecule has 0 spiro atoms. The Morgan fingerprint density at radius 3 is 2.11 bits per heavy atom. The molecule has 4 atom stereocenters. The Labute approximate surface area is 112 Å². The van der Waals surface area contributed by atoms with Crippen LogP contribution >= 0.6 is 0 Å². The monoisotopic (exact) mass is 264 g/mol. The first-order valence-electron chi connectivity index (χ1n) is 5.74. The largest absolute Gasteiger partial charge is 0.455 e. The predicted octanol–water partition coefficient (Wildman–Crippen LogP) is 0.993. The summed E-state index contributed by atoms with van der Waals surface area (Å²) in [7, 11) is 0. The molecule has 0 saturated carbocycles. The quantitative estimate of drug-likeness (QED) is 0.328. The number of ether oxygens (including phenoxy) is 3. The van der Waals surface area contributed by atoms with Gasteiger partial charge in [0.2, 0.25) is 0 Å². The van der Waals surface area contributed by atoms with Crippen LogP contribution in [0.15, 0.2) is 25.3 Å². The van der Waals surface area contributed by atoms with E-state index >= 15 is 0 Å². The second-order valence-corrected chi connectivity index (χ2v) is 3.86. The minimum absolute atomic E-state index is 0.493. The lowest BCUT2D eigenvalue weighted by atomic mass is 10.1. The van der Waals surface area contributed by atoms with Crippen LogP contribution in [0.4, 0.5) is 0 Å². The van der Waals surface area contributed by atoms with Crippen LogP contribution < -0.4 is 0 Å². The van der Waals surface area contributed by atoms with Crippen molar-refractivity contribution in [2.24, 2.45) is 0 Å². The lowest BCUT2D eigenvalue weighted by Gasteiger charge is -2.21. The number of hydrogen-bond donors (Lipinski definition) is 0. The van der Waals surface area contributed by atoms with Crippen molar-refractivity contribution in [3.63, 3.8) is 0 Å². The summed E-state index contributed by atoms with van der Waals surface area (Å²) in [6.45, 7) is 9.99. The van der Waals surface area contributed by atoms with Crippen molar-refractivity contribution < 1.29 is 23.8 Å². The van der Waals surface area contributed by atoms with Crippen LogP contribution in [0, 0.1) is 11.8 Å². The summed E-state index contributed by atoms with van der Waals surface area (Å²) in [5, 5.41) is 0. The van der Waals surface area contributed by atoms with Crippen molar-refractivity contribution in [1.29, 1.82) is 0 Å². The van der Waals surface area contributed by atoms with Crippen molar-refractivity contribution in [3.05, 3.63) is 25.3 Å². The van der Waals surface area contributed by atoms with Crippen molar-refractivity contribution in [3.8, 4) is 11.8 Å². The Morgan fingerprint density at radius 2 is 1.68 bits per heavy atom. The third-order valence-corrected chi connectivity index (χ3v) is 2.52. The molecule has 102 valence electrons. The van der Waals surface area contributed by atoms with E-state index in [1.165, 1.54) is 26.0 Å². The Kier molecular flexibility index (Phi) is 5.34. The van der Waals surface area contributed by atoms with Gasteiger partial charge < -0.3 is 14.2 Å². The highest BCUT2D eigenvalue weighted by Crippen LogP contribution is 2.28. The normalized spacial score (nSPS) is 28.7. The highest BCUT2D eigenvalue weighted by Gasteiger charge is 2.46. The standard InChI is InChI=1S/C14H16O5/c1-5-8-12(16)19-14-11(7-3)18-10(6-2)13(14)17-9(4)15/h6-7,10-11,13-14H,2-3H2,1,4H3/t10-,11+,13+,14-/m1/s1. The van der Waals surface area contributed by atoms with E-state index in [0.717, 1.165) is 0 Å². The van der Waals surface area contributed by atoms with Crippen LogP contribution in [-0.4, -0.2) is 36.4 Å². The smallest absolute Gasteiger partial charge is 0.384 e. The summed E-state index contributed by atoms with van der Waals surface area (Å²) in [6.07, 6.45) is 0.313. The molecule has 1 saturated heterocycles. The van der Waals surface area contributed by atoms with Crippen LogP contribution in [0.25, 0.3) is 0 Å². The minimum Gasteiger partial charge on any atom is -0.455 e. The fourth-order valence-corrected chi connectivity index (χ4v) is 1.80. The van der Waals surface area contributed by atoms with Crippen LogP contribution in [0.5, 0.6) is 0 Å². The summed E-state index contributed by atoms with van der Waals surface area (Å²) in [5.41, 5.74) is 0. The zero-order chi connectivity index (χ0) is 14.4. The van der Waals surface area contributed by atoms with E-state index in [1.54, 1.807) is 0 Å². The van der Waals surface area contributed by atoms with Crippen molar-refractivity contribution in [2.45, 2.75) is 38.3 Å². The van der Waals surface area contributed by atoms with Gasteiger partial charge in [0.05, 0.1) is 0 Å². The van der Waals surface area contributed by atoms with Gasteiger partial charge in [-0.25, -0.2) is 4.79 Å². The minimum atomic E-state index is -0.780. The molecule has 1 aliphatic rings. The van der Waals surface area contributed by atoms with Crippen LogP contribution in [0.2, 0.25) is 0 Å². The maximum atomic E-state index is 11.4. The van der Waals surface area contributed by atoms with Gasteiger partial charge in [-0.15, -0.1) is 13.2 Å². The van der Waals surface area contributed by atoms with Crippen molar-refractivity contribution >= 4 is 11.9 Å². The Bertz CT molecular complexity index is 442. The van der Waals surface area contributed by atoms with Crippen molar-refractivity contribution in [2.75, 3.05) is 0 Å². The number of rotatable bonds is 4. The van der Waals surface area contributed by atoms with E-state index in [0.29, 0.717) is 0 Å². The third-order valence-electron chi connectivity index (χ3n) is 2.52. The summed E-state index contributed by atoms with van der Waals surface area (Å²) in [4.78, 5) is 22.5. The molecular formula is C14H16O5. The van der Waals surface area contributed by atoms with Gasteiger partial charge in [-0.2, -0.15) is 0 Å². The molecule has 0 aromatic carbocycles. The fraction of sp³-hybridized carbons (Fsp3) is 0.429. The molecule has 0 radical (unpaired) electrons. The molecule has 0 amide bonds. The molecule has 5 heteroatoms. The maximum Gasteiger partial charge on any atom is 0.384 e. The van der Waals surface area contributed by atoms with E-state index in [4.69, 9.17) is 14.2 Å². The van der Waals surface area contributed by atoms with Gasteiger partial charge in [0.1, 0.15) is 12.2 Å². The Hall–Kier alpha value is -2.06. The topological polar surface area (TPSA) is 61.8 Å². The lowest BCUT2D eigenvalue weighted by Crippen LogP contribution is -2.39. The molecule has 0 N–H and O–H groups in total. The van der Waals surface area contributed by atoms with Gasteiger partial charge in [0, 0.05) is 12.8 Å². The van der Waals surface area contributed by atoms with E-state index in [2.05, 4.69) is 25.0 Å². The first kappa shape index (κ1) is 15.0.